The average Bonchev–Trinajstić information content (AvgIpc) is 2.88. The van der Waals surface area contributed by atoms with Gasteiger partial charge in [0.15, 0.2) is 0 Å². The third-order valence-electron chi connectivity index (χ3n) is 3.85. The van der Waals surface area contributed by atoms with Crippen LogP contribution in [0.4, 0.5) is 0 Å². The number of rotatable bonds is 4. The first kappa shape index (κ1) is 11.6. The summed E-state index contributed by atoms with van der Waals surface area (Å²) in [6.45, 7) is 5.12. The van der Waals surface area contributed by atoms with Crippen LogP contribution < -0.4 is 5.73 Å². The van der Waals surface area contributed by atoms with E-state index in [0.717, 1.165) is 13.0 Å². The maximum Gasteiger partial charge on any atom is 0.0630 e. The first-order valence-electron chi connectivity index (χ1n) is 6.39. The fraction of sp³-hybridized carbons (Fsp3) is 0.769. The molecule has 0 amide bonds. The van der Waals surface area contributed by atoms with Crippen molar-refractivity contribution in [2.45, 2.75) is 52.0 Å². The maximum absolute atomic E-state index is 5.95. The highest BCUT2D eigenvalue weighted by Crippen LogP contribution is 2.39. The molecule has 1 aliphatic rings. The first-order chi connectivity index (χ1) is 7.65. The molecule has 0 saturated heterocycles. The number of aromatic nitrogens is 2. The molecule has 1 aromatic heterocycles. The predicted octanol–water partition coefficient (Wildman–Crippen LogP) is 2.53. The number of nitrogens with zero attached hydrogens (tertiary/aromatic N) is 2. The van der Waals surface area contributed by atoms with Crippen LogP contribution in [-0.2, 0) is 6.42 Å². The Labute approximate surface area is 98.0 Å². The number of hydrogen-bond acceptors (Lipinski definition) is 2. The molecule has 0 spiro atoms. The molecule has 0 atom stereocenters. The SMILES string of the molecule is CC(C)n1ccc(CC2(CN)CCCC2)n1. The van der Waals surface area contributed by atoms with E-state index in [-0.39, 0.29) is 0 Å². The molecule has 0 aromatic carbocycles. The van der Waals surface area contributed by atoms with Crippen molar-refractivity contribution < 1.29 is 0 Å². The standard InChI is InChI=1S/C13H23N3/c1-11(2)16-8-5-12(15-16)9-13(10-14)6-3-4-7-13/h5,8,11H,3-4,6-7,9-10,14H2,1-2H3. The Bertz CT molecular complexity index is 335. The van der Waals surface area contributed by atoms with Crippen molar-refractivity contribution in [3.63, 3.8) is 0 Å². The Hall–Kier alpha value is -0.830. The summed E-state index contributed by atoms with van der Waals surface area (Å²) in [6, 6.07) is 2.60. The molecule has 0 unspecified atom stereocenters. The van der Waals surface area contributed by atoms with E-state index in [1.165, 1.54) is 31.4 Å². The third kappa shape index (κ3) is 2.29. The molecule has 3 nitrogen and oxygen atoms in total. The van der Waals surface area contributed by atoms with Crippen molar-refractivity contribution in [1.29, 1.82) is 0 Å². The Balaban J connectivity index is 2.07. The van der Waals surface area contributed by atoms with Gasteiger partial charge < -0.3 is 5.73 Å². The van der Waals surface area contributed by atoms with Gasteiger partial charge in [-0.25, -0.2) is 0 Å². The zero-order valence-electron chi connectivity index (χ0n) is 10.4. The van der Waals surface area contributed by atoms with E-state index in [4.69, 9.17) is 5.73 Å². The molecule has 2 rings (SSSR count). The van der Waals surface area contributed by atoms with Gasteiger partial charge in [0.05, 0.1) is 5.69 Å². The summed E-state index contributed by atoms with van der Waals surface area (Å²) in [6.07, 6.45) is 8.36. The highest BCUT2D eigenvalue weighted by atomic mass is 15.3. The zero-order valence-corrected chi connectivity index (χ0v) is 10.4. The summed E-state index contributed by atoms with van der Waals surface area (Å²) in [5.74, 6) is 0. The minimum atomic E-state index is 0.343. The predicted molar refractivity (Wildman–Crippen MR) is 66.3 cm³/mol. The summed E-state index contributed by atoms with van der Waals surface area (Å²) in [4.78, 5) is 0. The van der Waals surface area contributed by atoms with Crippen LogP contribution in [0.2, 0.25) is 0 Å². The quantitative estimate of drug-likeness (QED) is 0.849. The summed E-state index contributed by atoms with van der Waals surface area (Å²) in [5.41, 5.74) is 7.50. The number of hydrogen-bond donors (Lipinski definition) is 1. The fourth-order valence-electron chi connectivity index (χ4n) is 2.72. The molecule has 1 fully saturated rings. The van der Waals surface area contributed by atoms with Crippen LogP contribution in [0, 0.1) is 5.41 Å². The van der Waals surface area contributed by atoms with E-state index in [1.54, 1.807) is 0 Å². The van der Waals surface area contributed by atoms with Crippen LogP contribution in [0.5, 0.6) is 0 Å². The molecule has 1 aromatic rings. The van der Waals surface area contributed by atoms with E-state index < -0.39 is 0 Å². The molecule has 16 heavy (non-hydrogen) atoms. The van der Waals surface area contributed by atoms with Gasteiger partial charge in [0.25, 0.3) is 0 Å². The molecule has 0 aliphatic heterocycles. The molecular weight excluding hydrogens is 198 g/mol. The largest absolute Gasteiger partial charge is 0.330 e. The lowest BCUT2D eigenvalue weighted by atomic mass is 9.82. The van der Waals surface area contributed by atoms with Gasteiger partial charge in [-0.2, -0.15) is 5.10 Å². The summed E-state index contributed by atoms with van der Waals surface area (Å²) in [7, 11) is 0. The van der Waals surface area contributed by atoms with E-state index in [1.807, 2.05) is 4.68 Å². The van der Waals surface area contributed by atoms with Gasteiger partial charge in [-0.15, -0.1) is 0 Å². The molecule has 1 saturated carbocycles. The second kappa shape index (κ2) is 4.58. The highest BCUT2D eigenvalue weighted by molar-refractivity contribution is 5.05. The van der Waals surface area contributed by atoms with Crippen LogP contribution in [0.1, 0.15) is 51.3 Å². The summed E-state index contributed by atoms with van der Waals surface area (Å²) < 4.78 is 2.04. The van der Waals surface area contributed by atoms with Crippen molar-refractivity contribution in [2.75, 3.05) is 6.54 Å². The molecule has 90 valence electrons. The van der Waals surface area contributed by atoms with Crippen LogP contribution in [0.25, 0.3) is 0 Å². The van der Waals surface area contributed by atoms with Gasteiger partial charge in [0.1, 0.15) is 0 Å². The molecule has 1 heterocycles. The van der Waals surface area contributed by atoms with Gasteiger partial charge in [-0.3, -0.25) is 4.68 Å². The molecule has 0 bridgehead atoms. The van der Waals surface area contributed by atoms with Crippen molar-refractivity contribution in [3.8, 4) is 0 Å². The smallest absolute Gasteiger partial charge is 0.0630 e. The Kier molecular flexibility index (Phi) is 3.33. The minimum absolute atomic E-state index is 0.343. The molecule has 1 aliphatic carbocycles. The van der Waals surface area contributed by atoms with Crippen molar-refractivity contribution in [1.82, 2.24) is 9.78 Å². The van der Waals surface area contributed by atoms with Crippen molar-refractivity contribution in [2.24, 2.45) is 11.1 Å². The second-order valence-corrected chi connectivity index (χ2v) is 5.47. The summed E-state index contributed by atoms with van der Waals surface area (Å²) in [5, 5.41) is 4.63. The average molecular weight is 221 g/mol. The maximum atomic E-state index is 5.95. The van der Waals surface area contributed by atoms with E-state index >= 15 is 0 Å². The van der Waals surface area contributed by atoms with Gasteiger partial charge >= 0.3 is 0 Å². The lowest BCUT2D eigenvalue weighted by molar-refractivity contribution is 0.302. The van der Waals surface area contributed by atoms with E-state index in [0.29, 0.717) is 11.5 Å². The highest BCUT2D eigenvalue weighted by Gasteiger charge is 2.33. The normalized spacial score (nSPS) is 19.5. The van der Waals surface area contributed by atoms with Crippen molar-refractivity contribution in [3.05, 3.63) is 18.0 Å². The number of nitrogens with two attached hydrogens (primary N) is 1. The molecule has 2 N–H and O–H groups in total. The minimum Gasteiger partial charge on any atom is -0.330 e. The topological polar surface area (TPSA) is 43.8 Å². The second-order valence-electron chi connectivity index (χ2n) is 5.47. The van der Waals surface area contributed by atoms with Gasteiger partial charge in [-0.05, 0) is 51.1 Å². The van der Waals surface area contributed by atoms with Crippen LogP contribution in [0.3, 0.4) is 0 Å². The van der Waals surface area contributed by atoms with Crippen LogP contribution >= 0.6 is 0 Å². The zero-order chi connectivity index (χ0) is 11.6. The fourth-order valence-corrected chi connectivity index (χ4v) is 2.72. The Morgan fingerprint density at radius 1 is 1.44 bits per heavy atom. The molecule has 0 radical (unpaired) electrons. The van der Waals surface area contributed by atoms with E-state index in [9.17, 15) is 0 Å². The monoisotopic (exact) mass is 221 g/mol. The molecule has 3 heteroatoms. The molecular formula is C13H23N3. The van der Waals surface area contributed by atoms with Crippen LogP contribution in [0.15, 0.2) is 12.3 Å². The van der Waals surface area contributed by atoms with Gasteiger partial charge in [0.2, 0.25) is 0 Å². The Morgan fingerprint density at radius 3 is 2.62 bits per heavy atom. The van der Waals surface area contributed by atoms with E-state index in [2.05, 4.69) is 31.2 Å². The first-order valence-corrected chi connectivity index (χ1v) is 6.39. The third-order valence-corrected chi connectivity index (χ3v) is 3.85. The lowest BCUT2D eigenvalue weighted by Gasteiger charge is -2.26. The van der Waals surface area contributed by atoms with Crippen molar-refractivity contribution >= 4 is 0 Å². The van der Waals surface area contributed by atoms with Crippen LogP contribution in [-0.4, -0.2) is 16.3 Å². The Morgan fingerprint density at radius 2 is 2.12 bits per heavy atom. The lowest BCUT2D eigenvalue weighted by Crippen LogP contribution is -2.30. The van der Waals surface area contributed by atoms with Gasteiger partial charge in [0, 0.05) is 12.2 Å². The summed E-state index contributed by atoms with van der Waals surface area (Å²) >= 11 is 0. The van der Waals surface area contributed by atoms with Gasteiger partial charge in [-0.1, -0.05) is 12.8 Å².